The van der Waals surface area contributed by atoms with Gasteiger partial charge in [-0.1, -0.05) is 26.7 Å². The van der Waals surface area contributed by atoms with Gasteiger partial charge >= 0.3 is 0 Å². The molecule has 1 aliphatic carbocycles. The highest BCUT2D eigenvalue weighted by Crippen LogP contribution is 2.32. The molecule has 1 saturated carbocycles. The Morgan fingerprint density at radius 1 is 1.58 bits per heavy atom. The second-order valence-electron chi connectivity index (χ2n) is 6.03. The molecular weight excluding hydrogens is 238 g/mol. The van der Waals surface area contributed by atoms with E-state index in [2.05, 4.69) is 28.7 Å². The average molecular weight is 265 g/mol. The number of aryl methyl sites for hydroxylation is 1. The maximum Gasteiger partial charge on any atom is 0.122 e. The molecule has 1 aromatic heterocycles. The van der Waals surface area contributed by atoms with Crippen LogP contribution in [0.4, 0.5) is 0 Å². The van der Waals surface area contributed by atoms with Crippen LogP contribution < -0.4 is 5.32 Å². The Hall–Kier alpha value is -0.870. The van der Waals surface area contributed by atoms with Crippen LogP contribution in [0.1, 0.15) is 51.8 Å². The lowest BCUT2D eigenvalue weighted by atomic mass is 9.77. The fourth-order valence-corrected chi connectivity index (χ4v) is 3.24. The van der Waals surface area contributed by atoms with Crippen molar-refractivity contribution in [2.24, 2.45) is 5.92 Å². The van der Waals surface area contributed by atoms with Crippen molar-refractivity contribution in [2.75, 3.05) is 6.61 Å². The minimum Gasteiger partial charge on any atom is -0.394 e. The molecule has 1 aliphatic rings. The average Bonchev–Trinajstić information content (AvgIpc) is 2.84. The second kappa shape index (κ2) is 6.53. The summed E-state index contributed by atoms with van der Waals surface area (Å²) in [5.74, 6) is 1.77. The summed E-state index contributed by atoms with van der Waals surface area (Å²) in [6.45, 7) is 6.45. The van der Waals surface area contributed by atoms with E-state index in [1.165, 1.54) is 12.8 Å². The van der Waals surface area contributed by atoms with Crippen molar-refractivity contribution in [3.05, 3.63) is 18.2 Å². The Labute approximate surface area is 116 Å². The van der Waals surface area contributed by atoms with Crippen LogP contribution in [0, 0.1) is 5.92 Å². The molecule has 2 rings (SSSR count). The number of imidazole rings is 1. The molecule has 0 spiro atoms. The van der Waals surface area contributed by atoms with E-state index in [1.54, 1.807) is 0 Å². The largest absolute Gasteiger partial charge is 0.394 e. The van der Waals surface area contributed by atoms with Crippen LogP contribution in [-0.2, 0) is 13.1 Å². The van der Waals surface area contributed by atoms with Crippen LogP contribution in [0.15, 0.2) is 12.4 Å². The maximum atomic E-state index is 9.77. The van der Waals surface area contributed by atoms with Gasteiger partial charge in [-0.05, 0) is 25.2 Å². The van der Waals surface area contributed by atoms with Crippen LogP contribution in [0.3, 0.4) is 0 Å². The number of aliphatic hydroxyl groups is 1. The third kappa shape index (κ3) is 3.57. The normalized spacial score (nSPS) is 27.6. The van der Waals surface area contributed by atoms with Crippen LogP contribution in [0.2, 0.25) is 0 Å². The molecule has 0 radical (unpaired) electrons. The quantitative estimate of drug-likeness (QED) is 0.830. The smallest absolute Gasteiger partial charge is 0.122 e. The van der Waals surface area contributed by atoms with Crippen LogP contribution >= 0.6 is 0 Å². The molecule has 1 fully saturated rings. The second-order valence-corrected chi connectivity index (χ2v) is 6.03. The highest BCUT2D eigenvalue weighted by atomic mass is 16.3. The molecule has 0 bridgehead atoms. The summed E-state index contributed by atoms with van der Waals surface area (Å²) in [7, 11) is 0. The van der Waals surface area contributed by atoms with Gasteiger partial charge in [-0.25, -0.2) is 4.98 Å². The molecule has 0 aliphatic heterocycles. The lowest BCUT2D eigenvalue weighted by Crippen LogP contribution is -2.51. The van der Waals surface area contributed by atoms with E-state index in [0.717, 1.165) is 38.2 Å². The van der Waals surface area contributed by atoms with Gasteiger partial charge in [0.2, 0.25) is 0 Å². The van der Waals surface area contributed by atoms with Gasteiger partial charge in [0.05, 0.1) is 13.2 Å². The van der Waals surface area contributed by atoms with E-state index in [1.807, 2.05) is 12.4 Å². The van der Waals surface area contributed by atoms with E-state index in [0.29, 0.717) is 5.92 Å². The maximum absolute atomic E-state index is 9.77. The van der Waals surface area contributed by atoms with Gasteiger partial charge in [0.25, 0.3) is 0 Å². The number of aliphatic hydroxyl groups excluding tert-OH is 1. The molecule has 0 aromatic carbocycles. The van der Waals surface area contributed by atoms with Gasteiger partial charge in [0.15, 0.2) is 0 Å². The fraction of sp³-hybridized carbons (Fsp3) is 0.800. The first kappa shape index (κ1) is 14.5. The predicted octanol–water partition coefficient (Wildman–Crippen LogP) is 2.32. The fourth-order valence-electron chi connectivity index (χ4n) is 3.24. The zero-order valence-corrected chi connectivity index (χ0v) is 12.2. The summed E-state index contributed by atoms with van der Waals surface area (Å²) < 4.78 is 2.20. The molecule has 1 heterocycles. The Morgan fingerprint density at radius 3 is 3.11 bits per heavy atom. The monoisotopic (exact) mass is 265 g/mol. The molecular formula is C15H27N3O. The Morgan fingerprint density at radius 2 is 2.42 bits per heavy atom. The van der Waals surface area contributed by atoms with E-state index < -0.39 is 0 Å². The standard InChI is InChI=1S/C15H27N3O/c1-3-8-18-9-7-16-14(18)11-17-15(12-19)6-4-5-13(2)10-15/h7,9,13,17,19H,3-6,8,10-12H2,1-2H3. The number of nitrogens with one attached hydrogen (secondary N) is 1. The number of aromatic nitrogens is 2. The highest BCUT2D eigenvalue weighted by molar-refractivity contribution is 4.97. The zero-order chi connectivity index (χ0) is 13.7. The van der Waals surface area contributed by atoms with E-state index in [4.69, 9.17) is 0 Å². The van der Waals surface area contributed by atoms with Gasteiger partial charge < -0.3 is 15.0 Å². The number of hydrogen-bond donors (Lipinski definition) is 2. The van der Waals surface area contributed by atoms with Crippen LogP contribution in [0.25, 0.3) is 0 Å². The van der Waals surface area contributed by atoms with Gasteiger partial charge in [-0.2, -0.15) is 0 Å². The predicted molar refractivity (Wildman–Crippen MR) is 76.8 cm³/mol. The SMILES string of the molecule is CCCn1ccnc1CNC1(CO)CCCC(C)C1. The molecule has 1 aromatic rings. The van der Waals surface area contributed by atoms with Crippen molar-refractivity contribution in [2.45, 2.75) is 64.6 Å². The van der Waals surface area contributed by atoms with Crippen molar-refractivity contribution in [3.8, 4) is 0 Å². The van der Waals surface area contributed by atoms with E-state index in [9.17, 15) is 5.11 Å². The Balaban J connectivity index is 1.97. The summed E-state index contributed by atoms with van der Waals surface area (Å²) in [5, 5.41) is 13.4. The first-order valence-electron chi connectivity index (χ1n) is 7.55. The summed E-state index contributed by atoms with van der Waals surface area (Å²) in [6.07, 6.45) is 9.65. The zero-order valence-electron chi connectivity index (χ0n) is 12.2. The van der Waals surface area contributed by atoms with E-state index in [-0.39, 0.29) is 12.1 Å². The first-order chi connectivity index (χ1) is 9.19. The van der Waals surface area contributed by atoms with Gasteiger partial charge in [-0.3, -0.25) is 0 Å². The molecule has 2 N–H and O–H groups in total. The van der Waals surface area contributed by atoms with Crippen LogP contribution in [-0.4, -0.2) is 26.8 Å². The number of rotatable bonds is 6. The minimum absolute atomic E-state index is 0.0966. The van der Waals surface area contributed by atoms with Crippen molar-refractivity contribution >= 4 is 0 Å². The van der Waals surface area contributed by atoms with Crippen LogP contribution in [0.5, 0.6) is 0 Å². The topological polar surface area (TPSA) is 50.1 Å². The summed E-state index contributed by atoms with van der Waals surface area (Å²) in [6, 6.07) is 0. The Kier molecular flexibility index (Phi) is 4.99. The minimum atomic E-state index is -0.0966. The first-order valence-corrected chi connectivity index (χ1v) is 7.55. The van der Waals surface area contributed by atoms with Crippen molar-refractivity contribution in [3.63, 3.8) is 0 Å². The number of nitrogens with zero attached hydrogens (tertiary/aromatic N) is 2. The molecule has 2 atom stereocenters. The van der Waals surface area contributed by atoms with Gasteiger partial charge in [0, 0.05) is 24.5 Å². The van der Waals surface area contributed by atoms with Crippen molar-refractivity contribution < 1.29 is 5.11 Å². The molecule has 0 saturated heterocycles. The molecule has 4 heteroatoms. The van der Waals surface area contributed by atoms with Gasteiger partial charge in [0.1, 0.15) is 5.82 Å². The molecule has 0 amide bonds. The van der Waals surface area contributed by atoms with Gasteiger partial charge in [-0.15, -0.1) is 0 Å². The van der Waals surface area contributed by atoms with Crippen molar-refractivity contribution in [1.29, 1.82) is 0 Å². The lowest BCUT2D eigenvalue weighted by Gasteiger charge is -2.39. The van der Waals surface area contributed by atoms with Crippen molar-refractivity contribution in [1.82, 2.24) is 14.9 Å². The highest BCUT2D eigenvalue weighted by Gasteiger charge is 2.34. The molecule has 19 heavy (non-hydrogen) atoms. The summed E-state index contributed by atoms with van der Waals surface area (Å²) in [5.41, 5.74) is -0.0966. The molecule has 4 nitrogen and oxygen atoms in total. The summed E-state index contributed by atoms with van der Waals surface area (Å²) in [4.78, 5) is 4.42. The number of hydrogen-bond acceptors (Lipinski definition) is 3. The molecule has 2 unspecified atom stereocenters. The summed E-state index contributed by atoms with van der Waals surface area (Å²) >= 11 is 0. The molecule has 108 valence electrons. The lowest BCUT2D eigenvalue weighted by molar-refractivity contribution is 0.0972. The Bertz CT molecular complexity index is 390. The van der Waals surface area contributed by atoms with E-state index >= 15 is 0 Å². The third-order valence-electron chi connectivity index (χ3n) is 4.28. The third-order valence-corrected chi connectivity index (χ3v) is 4.28.